The molecule has 104 valence electrons. The van der Waals surface area contributed by atoms with Gasteiger partial charge in [0, 0.05) is 5.69 Å². The molecule has 0 bridgehead atoms. The van der Waals surface area contributed by atoms with E-state index >= 15 is 0 Å². The molecule has 0 spiro atoms. The molecule has 4 heteroatoms. The van der Waals surface area contributed by atoms with Gasteiger partial charge in [-0.2, -0.15) is 0 Å². The molecule has 2 rings (SSSR count). The van der Waals surface area contributed by atoms with Crippen molar-refractivity contribution in [3.63, 3.8) is 0 Å². The fourth-order valence-corrected chi connectivity index (χ4v) is 1.89. The van der Waals surface area contributed by atoms with Crippen molar-refractivity contribution in [3.8, 4) is 0 Å². The first kappa shape index (κ1) is 14.1. The molecule has 20 heavy (non-hydrogen) atoms. The van der Waals surface area contributed by atoms with Gasteiger partial charge in [0.2, 0.25) is 0 Å². The standard InChI is InChI=1S/C16H16FNO2/c1-2-20-16(19)15(12-7-4-3-5-8-12)18-14-10-6-9-13(17)11-14/h3-11,15,18H,2H2,1H3. The predicted octanol–water partition coefficient (Wildman–Crippen LogP) is 3.54. The van der Waals surface area contributed by atoms with Gasteiger partial charge in [0.1, 0.15) is 5.82 Å². The highest BCUT2D eigenvalue weighted by Gasteiger charge is 2.21. The van der Waals surface area contributed by atoms with Crippen molar-refractivity contribution in [2.45, 2.75) is 13.0 Å². The molecule has 2 aromatic rings. The van der Waals surface area contributed by atoms with Crippen LogP contribution < -0.4 is 5.32 Å². The van der Waals surface area contributed by atoms with Crippen LogP contribution in [-0.2, 0) is 9.53 Å². The number of carbonyl (C=O) groups is 1. The quantitative estimate of drug-likeness (QED) is 0.847. The molecule has 0 aromatic heterocycles. The summed E-state index contributed by atoms with van der Waals surface area (Å²) in [7, 11) is 0. The molecule has 0 aliphatic carbocycles. The average molecular weight is 273 g/mol. The molecule has 0 aliphatic rings. The van der Waals surface area contributed by atoms with Gasteiger partial charge in [-0.25, -0.2) is 9.18 Å². The number of ether oxygens (including phenoxy) is 1. The molecule has 0 amide bonds. The van der Waals surface area contributed by atoms with Crippen molar-refractivity contribution in [1.82, 2.24) is 0 Å². The first-order valence-electron chi connectivity index (χ1n) is 6.44. The molecule has 0 fully saturated rings. The van der Waals surface area contributed by atoms with Crippen LogP contribution >= 0.6 is 0 Å². The number of carbonyl (C=O) groups excluding carboxylic acids is 1. The van der Waals surface area contributed by atoms with Crippen molar-refractivity contribution in [3.05, 3.63) is 66.0 Å². The van der Waals surface area contributed by atoms with Gasteiger partial charge in [-0.1, -0.05) is 36.4 Å². The monoisotopic (exact) mass is 273 g/mol. The zero-order valence-electron chi connectivity index (χ0n) is 11.2. The number of hydrogen-bond donors (Lipinski definition) is 1. The summed E-state index contributed by atoms with van der Waals surface area (Å²) < 4.78 is 18.3. The molecule has 1 unspecified atom stereocenters. The minimum absolute atomic E-state index is 0.299. The van der Waals surface area contributed by atoms with Crippen LogP contribution in [-0.4, -0.2) is 12.6 Å². The van der Waals surface area contributed by atoms with E-state index in [0.29, 0.717) is 12.3 Å². The van der Waals surface area contributed by atoms with E-state index < -0.39 is 6.04 Å². The number of halogens is 1. The third-order valence-electron chi connectivity index (χ3n) is 2.79. The smallest absolute Gasteiger partial charge is 0.333 e. The van der Waals surface area contributed by atoms with E-state index in [9.17, 15) is 9.18 Å². The fourth-order valence-electron chi connectivity index (χ4n) is 1.89. The molecule has 2 aromatic carbocycles. The van der Waals surface area contributed by atoms with Gasteiger partial charge in [0.25, 0.3) is 0 Å². The lowest BCUT2D eigenvalue weighted by molar-refractivity contribution is -0.144. The van der Waals surface area contributed by atoms with Crippen molar-refractivity contribution in [1.29, 1.82) is 0 Å². The second-order valence-electron chi connectivity index (χ2n) is 4.25. The Morgan fingerprint density at radius 3 is 2.60 bits per heavy atom. The van der Waals surface area contributed by atoms with Gasteiger partial charge in [0.05, 0.1) is 6.61 Å². The molecule has 0 heterocycles. The summed E-state index contributed by atoms with van der Waals surface area (Å²) in [4.78, 5) is 12.1. The van der Waals surface area contributed by atoms with Gasteiger partial charge in [-0.15, -0.1) is 0 Å². The number of benzene rings is 2. The fraction of sp³-hybridized carbons (Fsp3) is 0.188. The Bertz CT molecular complexity index is 572. The lowest BCUT2D eigenvalue weighted by Gasteiger charge is -2.18. The topological polar surface area (TPSA) is 38.3 Å². The number of nitrogens with one attached hydrogen (secondary N) is 1. The van der Waals surface area contributed by atoms with Gasteiger partial charge >= 0.3 is 5.97 Å². The second-order valence-corrected chi connectivity index (χ2v) is 4.25. The lowest BCUT2D eigenvalue weighted by Crippen LogP contribution is -2.23. The Morgan fingerprint density at radius 2 is 1.95 bits per heavy atom. The van der Waals surface area contributed by atoms with E-state index in [4.69, 9.17) is 4.74 Å². The van der Waals surface area contributed by atoms with Crippen LogP contribution in [0.3, 0.4) is 0 Å². The molecular weight excluding hydrogens is 257 g/mol. The maximum Gasteiger partial charge on any atom is 0.333 e. The molecule has 0 saturated heterocycles. The number of esters is 1. The number of rotatable bonds is 5. The van der Waals surface area contributed by atoms with Crippen LogP contribution in [0, 0.1) is 5.82 Å². The molecule has 1 atom stereocenters. The Kier molecular flexibility index (Phi) is 4.71. The van der Waals surface area contributed by atoms with Gasteiger partial charge in [-0.05, 0) is 30.7 Å². The van der Waals surface area contributed by atoms with Crippen LogP contribution in [0.5, 0.6) is 0 Å². The summed E-state index contributed by atoms with van der Waals surface area (Å²) in [6.07, 6.45) is 0. The van der Waals surface area contributed by atoms with Crippen molar-refractivity contribution in [2.24, 2.45) is 0 Å². The Hall–Kier alpha value is -2.36. The van der Waals surface area contributed by atoms with E-state index in [2.05, 4.69) is 5.32 Å². The minimum atomic E-state index is -0.655. The zero-order chi connectivity index (χ0) is 14.4. The minimum Gasteiger partial charge on any atom is -0.464 e. The summed E-state index contributed by atoms with van der Waals surface area (Å²) >= 11 is 0. The molecular formula is C16H16FNO2. The molecule has 1 N–H and O–H groups in total. The molecule has 3 nitrogen and oxygen atoms in total. The van der Waals surface area contributed by atoms with E-state index in [0.717, 1.165) is 5.56 Å². The van der Waals surface area contributed by atoms with E-state index in [1.165, 1.54) is 12.1 Å². The lowest BCUT2D eigenvalue weighted by atomic mass is 10.1. The zero-order valence-corrected chi connectivity index (χ0v) is 11.2. The number of hydrogen-bond acceptors (Lipinski definition) is 3. The van der Waals surface area contributed by atoms with Gasteiger partial charge in [-0.3, -0.25) is 0 Å². The van der Waals surface area contributed by atoms with Crippen LogP contribution in [0.4, 0.5) is 10.1 Å². The highest BCUT2D eigenvalue weighted by molar-refractivity contribution is 5.81. The summed E-state index contributed by atoms with van der Waals surface area (Å²) in [5.74, 6) is -0.742. The molecule has 0 saturated carbocycles. The van der Waals surface area contributed by atoms with E-state index in [-0.39, 0.29) is 11.8 Å². The first-order chi connectivity index (χ1) is 9.70. The Labute approximate surface area is 117 Å². The second kappa shape index (κ2) is 6.70. The maximum atomic E-state index is 13.2. The maximum absolute atomic E-state index is 13.2. The van der Waals surface area contributed by atoms with Crippen molar-refractivity contribution in [2.75, 3.05) is 11.9 Å². The summed E-state index contributed by atoms with van der Waals surface area (Å²) in [6.45, 7) is 2.05. The van der Waals surface area contributed by atoms with Crippen LogP contribution in [0.1, 0.15) is 18.5 Å². The average Bonchev–Trinajstić information content (AvgIpc) is 2.46. The third-order valence-corrected chi connectivity index (χ3v) is 2.79. The highest BCUT2D eigenvalue weighted by atomic mass is 19.1. The van der Waals surface area contributed by atoms with Gasteiger partial charge < -0.3 is 10.1 Å². The Balaban J connectivity index is 2.25. The SMILES string of the molecule is CCOC(=O)C(Nc1cccc(F)c1)c1ccccc1. The number of anilines is 1. The van der Waals surface area contributed by atoms with Crippen molar-refractivity contribution < 1.29 is 13.9 Å². The van der Waals surface area contributed by atoms with Gasteiger partial charge in [0.15, 0.2) is 6.04 Å². The summed E-state index contributed by atoms with van der Waals surface area (Å²) in [5.41, 5.74) is 1.31. The van der Waals surface area contributed by atoms with Crippen LogP contribution in [0.25, 0.3) is 0 Å². The van der Waals surface area contributed by atoms with Crippen molar-refractivity contribution >= 4 is 11.7 Å². The normalized spacial score (nSPS) is 11.7. The van der Waals surface area contributed by atoms with E-state index in [1.807, 2.05) is 30.3 Å². The van der Waals surface area contributed by atoms with Crippen LogP contribution in [0.15, 0.2) is 54.6 Å². The summed E-state index contributed by atoms with van der Waals surface area (Å²) in [5, 5.41) is 3.01. The first-order valence-corrected chi connectivity index (χ1v) is 6.44. The van der Waals surface area contributed by atoms with E-state index in [1.54, 1.807) is 19.1 Å². The Morgan fingerprint density at radius 1 is 1.20 bits per heavy atom. The largest absolute Gasteiger partial charge is 0.464 e. The summed E-state index contributed by atoms with van der Waals surface area (Å²) in [6, 6.07) is 14.5. The molecule has 0 aliphatic heterocycles. The third kappa shape index (κ3) is 3.57. The van der Waals surface area contributed by atoms with Crippen LogP contribution in [0.2, 0.25) is 0 Å². The predicted molar refractivity (Wildman–Crippen MR) is 75.8 cm³/mol. The highest BCUT2D eigenvalue weighted by Crippen LogP contribution is 2.21. The molecule has 0 radical (unpaired) electrons.